The van der Waals surface area contributed by atoms with Crippen molar-refractivity contribution in [1.82, 2.24) is 4.57 Å². The van der Waals surface area contributed by atoms with E-state index < -0.39 is 0 Å². The maximum absolute atomic E-state index is 10.8. The van der Waals surface area contributed by atoms with Gasteiger partial charge in [0.1, 0.15) is 0 Å². The van der Waals surface area contributed by atoms with E-state index in [2.05, 4.69) is 6.58 Å². The maximum Gasteiger partial charge on any atom is 0.150 e. The lowest BCUT2D eigenvalue weighted by Gasteiger charge is -2.03. The SMILES string of the molecule is C=C(Cl)Cn1ccc2c(C=O)cccc21. The van der Waals surface area contributed by atoms with E-state index in [0.29, 0.717) is 17.1 Å². The Bertz CT molecular complexity index is 527. The van der Waals surface area contributed by atoms with Crippen LogP contribution in [-0.4, -0.2) is 10.9 Å². The van der Waals surface area contributed by atoms with Crippen LogP contribution in [0, 0.1) is 0 Å². The Hall–Kier alpha value is -1.54. The quantitative estimate of drug-likeness (QED) is 0.727. The topological polar surface area (TPSA) is 22.0 Å². The van der Waals surface area contributed by atoms with Crippen LogP contribution >= 0.6 is 11.6 Å². The van der Waals surface area contributed by atoms with Crippen LogP contribution < -0.4 is 0 Å². The van der Waals surface area contributed by atoms with Gasteiger partial charge in [0, 0.05) is 27.7 Å². The minimum absolute atomic E-state index is 0.563. The van der Waals surface area contributed by atoms with E-state index in [4.69, 9.17) is 11.6 Å². The molecule has 0 aliphatic heterocycles. The molecule has 0 saturated carbocycles. The van der Waals surface area contributed by atoms with E-state index in [1.54, 1.807) is 6.07 Å². The highest BCUT2D eigenvalue weighted by atomic mass is 35.5. The Morgan fingerprint density at radius 1 is 1.47 bits per heavy atom. The molecule has 0 amide bonds. The van der Waals surface area contributed by atoms with E-state index in [1.807, 2.05) is 29.0 Å². The Morgan fingerprint density at radius 2 is 2.27 bits per heavy atom. The van der Waals surface area contributed by atoms with Gasteiger partial charge in [-0.1, -0.05) is 30.3 Å². The molecule has 0 N–H and O–H groups in total. The van der Waals surface area contributed by atoms with Crippen LogP contribution in [0.3, 0.4) is 0 Å². The molecule has 2 rings (SSSR count). The zero-order valence-electron chi connectivity index (χ0n) is 8.11. The first-order valence-corrected chi connectivity index (χ1v) is 4.96. The summed E-state index contributed by atoms with van der Waals surface area (Å²) in [6.45, 7) is 4.22. The number of carbonyl (C=O) groups is 1. The molecular formula is C12H10ClNO. The summed E-state index contributed by atoms with van der Waals surface area (Å²) in [6.07, 6.45) is 2.77. The van der Waals surface area contributed by atoms with Crippen molar-refractivity contribution in [3.05, 3.63) is 47.6 Å². The number of fused-ring (bicyclic) bond motifs is 1. The fourth-order valence-corrected chi connectivity index (χ4v) is 1.80. The third kappa shape index (κ3) is 1.81. The molecule has 0 saturated heterocycles. The fraction of sp³-hybridized carbons (Fsp3) is 0.0833. The number of carbonyl (C=O) groups excluding carboxylic acids is 1. The van der Waals surface area contributed by atoms with Crippen LogP contribution in [0.1, 0.15) is 10.4 Å². The average Bonchev–Trinajstić information content (AvgIpc) is 2.61. The van der Waals surface area contributed by atoms with Gasteiger partial charge in [-0.05, 0) is 12.1 Å². The van der Waals surface area contributed by atoms with Gasteiger partial charge in [-0.2, -0.15) is 0 Å². The second-order valence-corrected chi connectivity index (χ2v) is 3.89. The fourth-order valence-electron chi connectivity index (χ4n) is 1.67. The summed E-state index contributed by atoms with van der Waals surface area (Å²) < 4.78 is 1.97. The summed E-state index contributed by atoms with van der Waals surface area (Å²) in [7, 11) is 0. The minimum atomic E-state index is 0.563. The first-order chi connectivity index (χ1) is 7.22. The number of aldehydes is 1. The number of rotatable bonds is 3. The monoisotopic (exact) mass is 219 g/mol. The van der Waals surface area contributed by atoms with Gasteiger partial charge < -0.3 is 4.57 Å². The molecule has 1 aromatic carbocycles. The highest BCUT2D eigenvalue weighted by molar-refractivity contribution is 6.29. The van der Waals surface area contributed by atoms with Crippen LogP contribution in [0.5, 0.6) is 0 Å². The smallest absolute Gasteiger partial charge is 0.150 e. The largest absolute Gasteiger partial charge is 0.342 e. The van der Waals surface area contributed by atoms with Crippen LogP contribution in [0.2, 0.25) is 0 Å². The molecular weight excluding hydrogens is 210 g/mol. The molecule has 3 heteroatoms. The van der Waals surface area contributed by atoms with Crippen molar-refractivity contribution >= 4 is 28.8 Å². The van der Waals surface area contributed by atoms with E-state index in [0.717, 1.165) is 17.2 Å². The molecule has 2 aromatic rings. The first kappa shape index (κ1) is 9.99. The lowest BCUT2D eigenvalue weighted by atomic mass is 10.1. The molecule has 0 radical (unpaired) electrons. The average molecular weight is 220 g/mol. The number of hydrogen-bond donors (Lipinski definition) is 0. The summed E-state index contributed by atoms with van der Waals surface area (Å²) in [5, 5.41) is 1.52. The number of hydrogen-bond acceptors (Lipinski definition) is 1. The van der Waals surface area contributed by atoms with Gasteiger partial charge in [0.15, 0.2) is 6.29 Å². The summed E-state index contributed by atoms with van der Waals surface area (Å²) in [6, 6.07) is 7.54. The van der Waals surface area contributed by atoms with Gasteiger partial charge >= 0.3 is 0 Å². The van der Waals surface area contributed by atoms with Crippen molar-refractivity contribution in [2.45, 2.75) is 6.54 Å². The van der Waals surface area contributed by atoms with Crippen LogP contribution in [0.4, 0.5) is 0 Å². The van der Waals surface area contributed by atoms with Crippen LogP contribution in [-0.2, 0) is 6.54 Å². The van der Waals surface area contributed by atoms with E-state index in [-0.39, 0.29) is 0 Å². The number of nitrogens with zero attached hydrogens (tertiary/aromatic N) is 1. The molecule has 0 fully saturated rings. The number of halogens is 1. The highest BCUT2D eigenvalue weighted by Gasteiger charge is 2.04. The lowest BCUT2D eigenvalue weighted by molar-refractivity contribution is 0.112. The lowest BCUT2D eigenvalue weighted by Crippen LogP contribution is -1.95. The molecule has 1 heterocycles. The van der Waals surface area contributed by atoms with E-state index in [9.17, 15) is 4.79 Å². The van der Waals surface area contributed by atoms with Crippen LogP contribution in [0.15, 0.2) is 42.1 Å². The van der Waals surface area contributed by atoms with Crippen molar-refractivity contribution in [2.75, 3.05) is 0 Å². The van der Waals surface area contributed by atoms with Gasteiger partial charge in [0.05, 0.1) is 6.54 Å². The molecule has 0 bridgehead atoms. The van der Waals surface area contributed by atoms with E-state index >= 15 is 0 Å². The Kier molecular flexibility index (Phi) is 2.60. The predicted octanol–water partition coefficient (Wildman–Crippen LogP) is 3.21. The van der Waals surface area contributed by atoms with Gasteiger partial charge in [0.2, 0.25) is 0 Å². The second-order valence-electron chi connectivity index (χ2n) is 3.36. The molecule has 2 nitrogen and oxygen atoms in total. The third-order valence-corrected chi connectivity index (χ3v) is 2.44. The number of benzene rings is 1. The molecule has 0 aliphatic carbocycles. The van der Waals surface area contributed by atoms with Crippen molar-refractivity contribution < 1.29 is 4.79 Å². The second kappa shape index (κ2) is 3.91. The summed E-state index contributed by atoms with van der Waals surface area (Å²) in [4.78, 5) is 10.8. The molecule has 0 aliphatic rings. The number of allylic oxidation sites excluding steroid dienone is 1. The van der Waals surface area contributed by atoms with Gasteiger partial charge in [-0.15, -0.1) is 0 Å². The van der Waals surface area contributed by atoms with E-state index in [1.165, 1.54) is 0 Å². The normalized spacial score (nSPS) is 10.5. The molecule has 0 atom stereocenters. The molecule has 0 unspecified atom stereocenters. The Morgan fingerprint density at radius 3 is 2.93 bits per heavy atom. The summed E-state index contributed by atoms with van der Waals surface area (Å²) in [5.74, 6) is 0. The summed E-state index contributed by atoms with van der Waals surface area (Å²) in [5.41, 5.74) is 1.70. The molecule has 76 valence electrons. The van der Waals surface area contributed by atoms with Gasteiger partial charge in [-0.3, -0.25) is 4.79 Å². The first-order valence-electron chi connectivity index (χ1n) is 4.58. The zero-order chi connectivity index (χ0) is 10.8. The maximum atomic E-state index is 10.8. The zero-order valence-corrected chi connectivity index (χ0v) is 8.87. The highest BCUT2D eigenvalue weighted by Crippen LogP contribution is 2.20. The molecule has 1 aromatic heterocycles. The Balaban J connectivity index is 2.60. The third-order valence-electron chi connectivity index (χ3n) is 2.32. The molecule has 0 spiro atoms. The van der Waals surface area contributed by atoms with Crippen molar-refractivity contribution in [3.63, 3.8) is 0 Å². The van der Waals surface area contributed by atoms with Crippen molar-refractivity contribution in [2.24, 2.45) is 0 Å². The minimum Gasteiger partial charge on any atom is -0.342 e. The summed E-state index contributed by atoms with van der Waals surface area (Å²) >= 11 is 5.76. The van der Waals surface area contributed by atoms with Crippen LogP contribution in [0.25, 0.3) is 10.9 Å². The van der Waals surface area contributed by atoms with Crippen molar-refractivity contribution in [3.8, 4) is 0 Å². The number of aromatic nitrogens is 1. The van der Waals surface area contributed by atoms with Crippen molar-refractivity contribution in [1.29, 1.82) is 0 Å². The van der Waals surface area contributed by atoms with Gasteiger partial charge in [-0.25, -0.2) is 0 Å². The predicted molar refractivity (Wildman–Crippen MR) is 62.3 cm³/mol. The standard InChI is InChI=1S/C12H10ClNO/c1-9(13)7-14-6-5-11-10(8-15)3-2-4-12(11)14/h2-6,8H,1,7H2. The Labute approximate surface area is 92.8 Å². The molecule has 15 heavy (non-hydrogen) atoms. The van der Waals surface area contributed by atoms with Gasteiger partial charge in [0.25, 0.3) is 0 Å².